The minimum Gasteiger partial charge on any atom is -0.508 e. The van der Waals surface area contributed by atoms with Crippen LogP contribution in [-0.4, -0.2) is 18.6 Å². The summed E-state index contributed by atoms with van der Waals surface area (Å²) in [6.45, 7) is 8.62. The number of rotatable bonds is 2. The van der Waals surface area contributed by atoms with E-state index in [-0.39, 0.29) is 21.3 Å². The minimum atomic E-state index is -3.88. The van der Waals surface area contributed by atoms with E-state index in [0.717, 1.165) is 11.1 Å². The van der Waals surface area contributed by atoms with Crippen molar-refractivity contribution >= 4 is 9.84 Å². The Kier molecular flexibility index (Phi) is 3.96. The van der Waals surface area contributed by atoms with Crippen LogP contribution >= 0.6 is 0 Å². The molecule has 4 nitrogen and oxygen atoms in total. The summed E-state index contributed by atoms with van der Waals surface area (Å²) >= 11 is 0. The van der Waals surface area contributed by atoms with Crippen LogP contribution < -0.4 is 0 Å². The Morgan fingerprint density at radius 3 is 1.73 bits per heavy atom. The van der Waals surface area contributed by atoms with Crippen molar-refractivity contribution in [2.75, 3.05) is 0 Å². The van der Waals surface area contributed by atoms with E-state index in [0.29, 0.717) is 16.7 Å². The molecular formula is C17H20O4S. The average Bonchev–Trinajstić information content (AvgIpc) is 2.33. The van der Waals surface area contributed by atoms with Crippen LogP contribution in [0.2, 0.25) is 0 Å². The fraction of sp³-hybridized carbons (Fsp3) is 0.294. The molecule has 5 heteroatoms. The molecule has 22 heavy (non-hydrogen) atoms. The van der Waals surface area contributed by atoms with Gasteiger partial charge in [-0.25, -0.2) is 8.42 Å². The van der Waals surface area contributed by atoms with Crippen LogP contribution in [0.25, 0.3) is 0 Å². The Morgan fingerprint density at radius 2 is 1.23 bits per heavy atom. The topological polar surface area (TPSA) is 74.6 Å². The second-order valence-electron chi connectivity index (χ2n) is 5.70. The molecule has 0 unspecified atom stereocenters. The summed E-state index contributed by atoms with van der Waals surface area (Å²) in [5.74, 6) is -0.220. The molecule has 2 aromatic rings. The SMILES string of the molecule is Cc1cc(O)c(S(=O)(=O)c2c(C)cc(O)cc2C)c(C)c1C. The number of hydrogen-bond acceptors (Lipinski definition) is 4. The number of phenols is 2. The van der Waals surface area contributed by atoms with Gasteiger partial charge in [0.1, 0.15) is 16.4 Å². The lowest BCUT2D eigenvalue weighted by molar-refractivity contribution is 0.456. The first-order valence-corrected chi connectivity index (χ1v) is 8.40. The summed E-state index contributed by atoms with van der Waals surface area (Å²) in [6.07, 6.45) is 0. The maximum Gasteiger partial charge on any atom is 0.211 e. The second kappa shape index (κ2) is 5.32. The highest BCUT2D eigenvalue weighted by Gasteiger charge is 2.28. The highest BCUT2D eigenvalue weighted by Crippen LogP contribution is 2.37. The molecule has 0 heterocycles. The molecular weight excluding hydrogens is 300 g/mol. The Labute approximate surface area is 131 Å². The van der Waals surface area contributed by atoms with Crippen LogP contribution in [0.3, 0.4) is 0 Å². The zero-order valence-corrected chi connectivity index (χ0v) is 14.2. The van der Waals surface area contributed by atoms with Gasteiger partial charge in [0, 0.05) is 0 Å². The lowest BCUT2D eigenvalue weighted by Crippen LogP contribution is -2.10. The van der Waals surface area contributed by atoms with Crippen molar-refractivity contribution in [1.29, 1.82) is 0 Å². The molecule has 0 radical (unpaired) electrons. The molecule has 0 saturated carbocycles. The van der Waals surface area contributed by atoms with Crippen molar-refractivity contribution in [3.63, 3.8) is 0 Å². The van der Waals surface area contributed by atoms with Gasteiger partial charge >= 0.3 is 0 Å². The first-order chi connectivity index (χ1) is 10.1. The van der Waals surface area contributed by atoms with Crippen LogP contribution in [0.1, 0.15) is 27.8 Å². The van der Waals surface area contributed by atoms with Crippen LogP contribution in [0.5, 0.6) is 11.5 Å². The quantitative estimate of drug-likeness (QED) is 0.888. The molecule has 0 aliphatic heterocycles. The number of sulfone groups is 1. The summed E-state index contributed by atoms with van der Waals surface area (Å²) < 4.78 is 26.1. The summed E-state index contributed by atoms with van der Waals surface area (Å²) in [5.41, 5.74) is 3.13. The van der Waals surface area contributed by atoms with Gasteiger partial charge in [-0.15, -0.1) is 0 Å². The molecule has 0 aromatic heterocycles. The van der Waals surface area contributed by atoms with Crippen molar-refractivity contribution in [1.82, 2.24) is 0 Å². The first kappa shape index (κ1) is 16.4. The van der Waals surface area contributed by atoms with Gasteiger partial charge in [0.05, 0.1) is 4.90 Å². The zero-order valence-electron chi connectivity index (χ0n) is 13.4. The molecule has 0 atom stereocenters. The van der Waals surface area contributed by atoms with E-state index < -0.39 is 9.84 Å². The molecule has 2 aromatic carbocycles. The zero-order chi connectivity index (χ0) is 16.8. The van der Waals surface area contributed by atoms with Crippen LogP contribution in [0.15, 0.2) is 28.0 Å². The normalized spacial score (nSPS) is 11.7. The molecule has 2 rings (SSSR count). The lowest BCUT2D eigenvalue weighted by atomic mass is 10.0. The van der Waals surface area contributed by atoms with E-state index in [1.165, 1.54) is 18.2 Å². The maximum atomic E-state index is 13.1. The number of phenolic OH excluding ortho intramolecular Hbond substituents is 2. The number of hydrogen-bond donors (Lipinski definition) is 2. The Hall–Kier alpha value is -2.01. The summed E-state index contributed by atoms with van der Waals surface area (Å²) in [6, 6.07) is 4.29. The number of benzene rings is 2. The van der Waals surface area contributed by atoms with E-state index in [1.54, 1.807) is 20.8 Å². The Balaban J connectivity index is 2.87. The minimum absolute atomic E-state index is 0.0231. The molecule has 2 N–H and O–H groups in total. The maximum absolute atomic E-state index is 13.1. The van der Waals surface area contributed by atoms with E-state index >= 15 is 0 Å². The molecule has 0 saturated heterocycles. The van der Waals surface area contributed by atoms with Gasteiger partial charge in [-0.05, 0) is 80.6 Å². The van der Waals surface area contributed by atoms with E-state index in [1.807, 2.05) is 13.8 Å². The van der Waals surface area contributed by atoms with Crippen molar-refractivity contribution in [2.45, 2.75) is 44.4 Å². The molecule has 118 valence electrons. The van der Waals surface area contributed by atoms with E-state index in [4.69, 9.17) is 0 Å². The molecule has 0 amide bonds. The smallest absolute Gasteiger partial charge is 0.211 e. The summed E-state index contributed by atoms with van der Waals surface area (Å²) in [7, 11) is -3.88. The van der Waals surface area contributed by atoms with E-state index in [9.17, 15) is 18.6 Å². The van der Waals surface area contributed by atoms with Gasteiger partial charge in [-0.1, -0.05) is 0 Å². The Morgan fingerprint density at radius 1 is 0.727 bits per heavy atom. The second-order valence-corrected chi connectivity index (χ2v) is 7.53. The molecule has 0 aliphatic carbocycles. The van der Waals surface area contributed by atoms with Crippen LogP contribution in [0.4, 0.5) is 0 Å². The third kappa shape index (κ3) is 2.46. The summed E-state index contributed by atoms with van der Waals surface area (Å²) in [5, 5.41) is 19.8. The molecule has 0 aliphatic rings. The fourth-order valence-corrected chi connectivity index (χ4v) is 4.89. The molecule has 0 bridgehead atoms. The van der Waals surface area contributed by atoms with E-state index in [2.05, 4.69) is 0 Å². The number of aromatic hydroxyl groups is 2. The fourth-order valence-electron chi connectivity index (χ4n) is 2.83. The average molecular weight is 320 g/mol. The van der Waals surface area contributed by atoms with Crippen molar-refractivity contribution < 1.29 is 18.6 Å². The van der Waals surface area contributed by atoms with Gasteiger partial charge in [-0.2, -0.15) is 0 Å². The number of aryl methyl sites for hydroxylation is 3. The largest absolute Gasteiger partial charge is 0.508 e. The van der Waals surface area contributed by atoms with Gasteiger partial charge in [-0.3, -0.25) is 0 Å². The van der Waals surface area contributed by atoms with Crippen molar-refractivity contribution in [3.8, 4) is 11.5 Å². The van der Waals surface area contributed by atoms with Crippen LogP contribution in [-0.2, 0) is 9.84 Å². The predicted octanol–water partition coefficient (Wildman–Crippen LogP) is 3.47. The van der Waals surface area contributed by atoms with Gasteiger partial charge in [0.25, 0.3) is 0 Å². The first-order valence-electron chi connectivity index (χ1n) is 6.92. The Bertz CT molecular complexity index is 842. The third-order valence-corrected chi connectivity index (χ3v) is 6.30. The highest BCUT2D eigenvalue weighted by atomic mass is 32.2. The van der Waals surface area contributed by atoms with Crippen LogP contribution in [0, 0.1) is 34.6 Å². The lowest BCUT2D eigenvalue weighted by Gasteiger charge is -2.17. The monoisotopic (exact) mass is 320 g/mol. The molecule has 0 fully saturated rings. The molecule has 0 spiro atoms. The van der Waals surface area contributed by atoms with Crippen molar-refractivity contribution in [3.05, 3.63) is 46.0 Å². The van der Waals surface area contributed by atoms with Gasteiger partial charge in [0.15, 0.2) is 0 Å². The summed E-state index contributed by atoms with van der Waals surface area (Å²) in [4.78, 5) is 0.0689. The predicted molar refractivity (Wildman–Crippen MR) is 85.4 cm³/mol. The van der Waals surface area contributed by atoms with Crippen molar-refractivity contribution in [2.24, 2.45) is 0 Å². The van der Waals surface area contributed by atoms with Gasteiger partial charge in [0.2, 0.25) is 9.84 Å². The van der Waals surface area contributed by atoms with Gasteiger partial charge < -0.3 is 10.2 Å². The standard InChI is InChI=1S/C17H20O4S/c1-9-8-15(19)17(13(5)12(9)4)22(20,21)16-10(2)6-14(18)7-11(16)3/h6-8,18-19H,1-5H3. The highest BCUT2D eigenvalue weighted by molar-refractivity contribution is 7.91. The third-order valence-electron chi connectivity index (χ3n) is 4.06.